The molecule has 1 atom stereocenters. The molecule has 5 heteroatoms. The average molecular weight is 245 g/mol. The molecule has 0 amide bonds. The molecule has 0 bridgehead atoms. The highest BCUT2D eigenvalue weighted by atomic mass is 35.5. The predicted molar refractivity (Wildman–Crippen MR) is 59.9 cm³/mol. The van der Waals surface area contributed by atoms with E-state index in [-0.39, 0.29) is 6.61 Å². The molecule has 0 heterocycles. The number of halogens is 1. The van der Waals surface area contributed by atoms with Gasteiger partial charge in [0.05, 0.1) is 0 Å². The van der Waals surface area contributed by atoms with Crippen molar-refractivity contribution in [2.75, 3.05) is 6.61 Å². The van der Waals surface area contributed by atoms with Gasteiger partial charge in [-0.25, -0.2) is 4.79 Å². The van der Waals surface area contributed by atoms with Crippen molar-refractivity contribution >= 4 is 17.6 Å². The number of carboxylic acid groups (broad SMARTS) is 1. The minimum Gasteiger partial charge on any atom is -0.490 e. The molecule has 16 heavy (non-hydrogen) atoms. The van der Waals surface area contributed by atoms with Crippen molar-refractivity contribution in [1.29, 1.82) is 0 Å². The Hall–Kier alpha value is -1.26. The van der Waals surface area contributed by atoms with Gasteiger partial charge in [-0.2, -0.15) is 0 Å². The van der Waals surface area contributed by atoms with E-state index in [9.17, 15) is 9.90 Å². The number of ether oxygens (including phenoxy) is 1. The number of hydrogen-bond acceptors (Lipinski definition) is 3. The first-order valence-corrected chi connectivity index (χ1v) is 5.05. The number of aliphatic hydroxyl groups is 1. The van der Waals surface area contributed by atoms with Gasteiger partial charge < -0.3 is 14.9 Å². The van der Waals surface area contributed by atoms with Gasteiger partial charge in [-0.3, -0.25) is 0 Å². The first-order valence-electron chi connectivity index (χ1n) is 4.67. The summed E-state index contributed by atoms with van der Waals surface area (Å²) >= 11 is 5.77. The van der Waals surface area contributed by atoms with Crippen LogP contribution in [0.25, 0.3) is 0 Å². The lowest BCUT2D eigenvalue weighted by Gasteiger charge is -2.19. The lowest BCUT2D eigenvalue weighted by Crippen LogP contribution is -2.41. The fraction of sp³-hybridized carbons (Fsp3) is 0.364. The van der Waals surface area contributed by atoms with Gasteiger partial charge in [0, 0.05) is 5.02 Å². The van der Waals surface area contributed by atoms with Gasteiger partial charge in [0.2, 0.25) is 0 Å². The zero-order valence-corrected chi connectivity index (χ0v) is 9.78. The van der Waals surface area contributed by atoms with E-state index in [2.05, 4.69) is 0 Å². The molecule has 1 unspecified atom stereocenters. The molecule has 4 nitrogen and oxygen atoms in total. The van der Waals surface area contributed by atoms with E-state index in [1.807, 2.05) is 0 Å². The molecule has 0 saturated carbocycles. The quantitative estimate of drug-likeness (QED) is 0.849. The van der Waals surface area contributed by atoms with Gasteiger partial charge in [-0.1, -0.05) is 17.7 Å². The van der Waals surface area contributed by atoms with Gasteiger partial charge in [-0.15, -0.1) is 0 Å². The third kappa shape index (κ3) is 3.12. The van der Waals surface area contributed by atoms with Crippen LogP contribution >= 0.6 is 11.6 Å². The lowest BCUT2D eigenvalue weighted by molar-refractivity contribution is -0.159. The molecule has 88 valence electrons. The SMILES string of the molecule is Cc1ccc(Cl)cc1OCC(C)(O)C(=O)O. The molecule has 0 radical (unpaired) electrons. The second kappa shape index (κ2) is 4.72. The van der Waals surface area contributed by atoms with Crippen molar-refractivity contribution in [2.24, 2.45) is 0 Å². The Morgan fingerprint density at radius 2 is 2.19 bits per heavy atom. The van der Waals surface area contributed by atoms with Crippen molar-refractivity contribution in [3.8, 4) is 5.75 Å². The topological polar surface area (TPSA) is 66.8 Å². The number of aliphatic carboxylic acids is 1. The number of hydrogen-bond donors (Lipinski definition) is 2. The second-order valence-corrected chi connectivity index (χ2v) is 4.21. The van der Waals surface area contributed by atoms with Gasteiger partial charge in [-0.05, 0) is 31.5 Å². The van der Waals surface area contributed by atoms with Crippen molar-refractivity contribution in [3.05, 3.63) is 28.8 Å². The molecular weight excluding hydrogens is 232 g/mol. The van der Waals surface area contributed by atoms with Gasteiger partial charge >= 0.3 is 5.97 Å². The van der Waals surface area contributed by atoms with E-state index in [1.54, 1.807) is 25.1 Å². The van der Waals surface area contributed by atoms with Crippen LogP contribution in [0.4, 0.5) is 0 Å². The maximum atomic E-state index is 10.6. The highest BCUT2D eigenvalue weighted by molar-refractivity contribution is 6.30. The minimum atomic E-state index is -1.91. The summed E-state index contributed by atoms with van der Waals surface area (Å²) in [6.07, 6.45) is 0. The normalized spacial score (nSPS) is 14.2. The van der Waals surface area contributed by atoms with Crippen LogP contribution in [-0.2, 0) is 4.79 Å². The van der Waals surface area contributed by atoms with Gasteiger partial charge in [0.25, 0.3) is 0 Å². The van der Waals surface area contributed by atoms with E-state index in [1.165, 1.54) is 6.92 Å². The summed E-state index contributed by atoms with van der Waals surface area (Å²) in [6.45, 7) is 2.65. The van der Waals surface area contributed by atoms with Crippen molar-refractivity contribution in [3.63, 3.8) is 0 Å². The monoisotopic (exact) mass is 244 g/mol. The average Bonchev–Trinajstić information content (AvgIpc) is 2.19. The molecule has 1 rings (SSSR count). The van der Waals surface area contributed by atoms with Gasteiger partial charge in [0.1, 0.15) is 12.4 Å². The van der Waals surface area contributed by atoms with Crippen LogP contribution < -0.4 is 4.74 Å². The lowest BCUT2D eigenvalue weighted by atomic mass is 10.1. The summed E-state index contributed by atoms with van der Waals surface area (Å²) in [6, 6.07) is 5.04. The summed E-state index contributed by atoms with van der Waals surface area (Å²) in [5.41, 5.74) is -1.08. The van der Waals surface area contributed by atoms with E-state index in [4.69, 9.17) is 21.4 Å². The van der Waals surface area contributed by atoms with Crippen molar-refractivity contribution in [2.45, 2.75) is 19.4 Å². The van der Waals surface area contributed by atoms with E-state index in [0.717, 1.165) is 5.56 Å². The number of aryl methyl sites for hydroxylation is 1. The summed E-state index contributed by atoms with van der Waals surface area (Å²) in [5, 5.41) is 18.6. The van der Waals surface area contributed by atoms with E-state index < -0.39 is 11.6 Å². The highest BCUT2D eigenvalue weighted by Crippen LogP contribution is 2.23. The number of rotatable bonds is 4. The van der Waals surface area contributed by atoms with Gasteiger partial charge in [0.15, 0.2) is 5.60 Å². The maximum Gasteiger partial charge on any atom is 0.339 e. The van der Waals surface area contributed by atoms with Crippen LogP contribution in [0.5, 0.6) is 5.75 Å². The molecule has 0 aromatic heterocycles. The van der Waals surface area contributed by atoms with Crippen molar-refractivity contribution in [1.82, 2.24) is 0 Å². The van der Waals surface area contributed by atoms with E-state index in [0.29, 0.717) is 10.8 Å². The standard InChI is InChI=1S/C11H13ClO4/c1-7-3-4-8(12)5-9(7)16-6-11(2,15)10(13)14/h3-5,15H,6H2,1-2H3,(H,13,14). The maximum absolute atomic E-state index is 10.6. The summed E-state index contributed by atoms with van der Waals surface area (Å²) in [5.74, 6) is -0.860. The largest absolute Gasteiger partial charge is 0.490 e. The molecular formula is C11H13ClO4. The summed E-state index contributed by atoms with van der Waals surface area (Å²) in [4.78, 5) is 10.6. The summed E-state index contributed by atoms with van der Waals surface area (Å²) < 4.78 is 5.23. The van der Waals surface area contributed by atoms with Crippen molar-refractivity contribution < 1.29 is 19.7 Å². The smallest absolute Gasteiger partial charge is 0.339 e. The third-order valence-corrected chi connectivity index (χ3v) is 2.35. The van der Waals surface area contributed by atoms with Crippen LogP contribution in [0, 0.1) is 6.92 Å². The first kappa shape index (κ1) is 12.8. The van der Waals surface area contributed by atoms with Crippen LogP contribution in [-0.4, -0.2) is 28.4 Å². The molecule has 1 aromatic rings. The van der Waals surface area contributed by atoms with Crippen LogP contribution in [0.2, 0.25) is 5.02 Å². The zero-order valence-electron chi connectivity index (χ0n) is 9.03. The second-order valence-electron chi connectivity index (χ2n) is 3.78. The molecule has 0 saturated heterocycles. The Balaban J connectivity index is 2.75. The molecule has 0 aliphatic rings. The molecule has 1 aromatic carbocycles. The molecule has 0 spiro atoms. The minimum absolute atomic E-state index is 0.330. The fourth-order valence-electron chi connectivity index (χ4n) is 1.01. The van der Waals surface area contributed by atoms with Crippen LogP contribution in [0.15, 0.2) is 18.2 Å². The summed E-state index contributed by atoms with van der Waals surface area (Å²) in [7, 11) is 0. The van der Waals surface area contributed by atoms with Crippen LogP contribution in [0.3, 0.4) is 0 Å². The first-order chi connectivity index (χ1) is 7.33. The highest BCUT2D eigenvalue weighted by Gasteiger charge is 2.31. The number of benzene rings is 1. The number of carbonyl (C=O) groups is 1. The number of carboxylic acids is 1. The Labute approximate surface area is 98.4 Å². The predicted octanol–water partition coefficient (Wildman–Crippen LogP) is 1.86. The Bertz CT molecular complexity index is 401. The third-order valence-electron chi connectivity index (χ3n) is 2.12. The van der Waals surface area contributed by atoms with E-state index >= 15 is 0 Å². The molecule has 0 fully saturated rings. The Kier molecular flexibility index (Phi) is 3.78. The Morgan fingerprint density at radius 1 is 1.56 bits per heavy atom. The molecule has 2 N–H and O–H groups in total. The van der Waals surface area contributed by atoms with Crippen LogP contribution in [0.1, 0.15) is 12.5 Å². The Morgan fingerprint density at radius 3 is 2.75 bits per heavy atom. The molecule has 0 aliphatic carbocycles. The molecule has 0 aliphatic heterocycles. The fourth-order valence-corrected chi connectivity index (χ4v) is 1.17. The zero-order chi connectivity index (χ0) is 12.3.